The molecule has 1 heterocycles. The minimum absolute atomic E-state index is 0.0900. The van der Waals surface area contributed by atoms with Crippen LogP contribution in [0.15, 0.2) is 48.5 Å². The van der Waals surface area contributed by atoms with E-state index in [2.05, 4.69) is 15.3 Å². The summed E-state index contributed by atoms with van der Waals surface area (Å²) in [7, 11) is 0. The first-order chi connectivity index (χ1) is 10.9. The highest BCUT2D eigenvalue weighted by Crippen LogP contribution is 2.30. The van der Waals surface area contributed by atoms with Crippen LogP contribution in [0.25, 0.3) is 10.9 Å². The van der Waals surface area contributed by atoms with Gasteiger partial charge in [-0.1, -0.05) is 24.3 Å². The van der Waals surface area contributed by atoms with Gasteiger partial charge in [0.15, 0.2) is 0 Å². The fraction of sp³-hybridized carbons (Fsp3) is 0.125. The number of benzene rings is 2. The number of hydrogen-bond acceptors (Lipinski definition) is 3. The van der Waals surface area contributed by atoms with Gasteiger partial charge in [-0.3, -0.25) is 0 Å². The van der Waals surface area contributed by atoms with Crippen molar-refractivity contribution >= 4 is 16.7 Å². The summed E-state index contributed by atoms with van der Waals surface area (Å²) in [6.45, 7) is 0.221. The van der Waals surface area contributed by atoms with E-state index in [0.29, 0.717) is 5.39 Å². The molecule has 0 aliphatic carbocycles. The van der Waals surface area contributed by atoms with Crippen molar-refractivity contribution < 1.29 is 17.6 Å². The quantitative estimate of drug-likeness (QED) is 0.727. The van der Waals surface area contributed by atoms with E-state index in [0.717, 1.165) is 5.56 Å². The maximum atomic E-state index is 12.9. The Morgan fingerprint density at radius 1 is 0.913 bits per heavy atom. The highest BCUT2D eigenvalue weighted by molar-refractivity contribution is 5.89. The molecular formula is C16H11F4N3. The molecule has 1 aromatic heterocycles. The van der Waals surface area contributed by atoms with Crippen LogP contribution in [0, 0.1) is 5.82 Å². The zero-order valence-corrected chi connectivity index (χ0v) is 11.7. The molecule has 118 valence electrons. The fourth-order valence-electron chi connectivity index (χ4n) is 2.13. The number of aromatic nitrogens is 2. The lowest BCUT2D eigenvalue weighted by molar-refractivity contribution is -0.144. The fourth-order valence-corrected chi connectivity index (χ4v) is 2.13. The van der Waals surface area contributed by atoms with Gasteiger partial charge < -0.3 is 5.32 Å². The Kier molecular flexibility index (Phi) is 3.85. The van der Waals surface area contributed by atoms with Crippen LogP contribution in [0.5, 0.6) is 0 Å². The summed E-state index contributed by atoms with van der Waals surface area (Å²) in [5.41, 5.74) is 0.930. The molecule has 7 heteroatoms. The zero-order chi connectivity index (χ0) is 16.4. The summed E-state index contributed by atoms with van der Waals surface area (Å²) in [6.07, 6.45) is -4.63. The van der Waals surface area contributed by atoms with Gasteiger partial charge in [0.05, 0.1) is 5.52 Å². The second-order valence-electron chi connectivity index (χ2n) is 4.89. The van der Waals surface area contributed by atoms with Crippen LogP contribution in [0.2, 0.25) is 0 Å². The second-order valence-corrected chi connectivity index (χ2v) is 4.89. The largest absolute Gasteiger partial charge is 0.451 e. The lowest BCUT2D eigenvalue weighted by Gasteiger charge is -2.12. The van der Waals surface area contributed by atoms with Crippen molar-refractivity contribution in [3.63, 3.8) is 0 Å². The third-order valence-electron chi connectivity index (χ3n) is 3.23. The van der Waals surface area contributed by atoms with Gasteiger partial charge in [-0.25, -0.2) is 14.4 Å². The standard InChI is InChI=1S/C16H11F4N3/c17-11-7-5-10(6-8-11)9-21-14-12-3-1-2-4-13(12)22-15(23-14)16(18,19)20/h1-8H,9H2,(H,21,22,23). The molecule has 0 bridgehead atoms. The molecule has 0 saturated carbocycles. The van der Waals surface area contributed by atoms with Gasteiger partial charge in [0.1, 0.15) is 11.6 Å². The molecule has 0 amide bonds. The maximum absolute atomic E-state index is 12.9. The maximum Gasteiger partial charge on any atom is 0.451 e. The molecule has 2 aromatic carbocycles. The van der Waals surface area contributed by atoms with Gasteiger partial charge in [-0.05, 0) is 29.8 Å². The van der Waals surface area contributed by atoms with Gasteiger partial charge >= 0.3 is 6.18 Å². The molecule has 0 aliphatic heterocycles. The van der Waals surface area contributed by atoms with Crippen molar-refractivity contribution in [2.75, 3.05) is 5.32 Å². The van der Waals surface area contributed by atoms with Crippen LogP contribution in [0.3, 0.4) is 0 Å². The molecule has 0 radical (unpaired) electrons. The highest BCUT2D eigenvalue weighted by Gasteiger charge is 2.35. The van der Waals surface area contributed by atoms with E-state index in [9.17, 15) is 17.6 Å². The third-order valence-corrected chi connectivity index (χ3v) is 3.23. The van der Waals surface area contributed by atoms with E-state index < -0.39 is 12.0 Å². The average Bonchev–Trinajstić information content (AvgIpc) is 2.53. The Balaban J connectivity index is 1.96. The molecule has 0 saturated heterocycles. The Hall–Kier alpha value is -2.70. The van der Waals surface area contributed by atoms with Crippen LogP contribution >= 0.6 is 0 Å². The molecule has 3 rings (SSSR count). The summed E-state index contributed by atoms with van der Waals surface area (Å²) in [5, 5.41) is 3.35. The van der Waals surface area contributed by atoms with Gasteiger partial charge in [-0.15, -0.1) is 0 Å². The van der Waals surface area contributed by atoms with Gasteiger partial charge in [0.2, 0.25) is 5.82 Å². The number of nitrogens with one attached hydrogen (secondary N) is 1. The number of fused-ring (bicyclic) bond motifs is 1. The van der Waals surface area contributed by atoms with Crippen LogP contribution in [0.4, 0.5) is 23.4 Å². The minimum Gasteiger partial charge on any atom is -0.365 e. The Bertz CT molecular complexity index is 829. The zero-order valence-electron chi connectivity index (χ0n) is 11.7. The molecule has 0 atom stereocenters. The van der Waals surface area contributed by atoms with E-state index in [1.165, 1.54) is 18.2 Å². The van der Waals surface area contributed by atoms with Gasteiger partial charge in [0.25, 0.3) is 0 Å². The Morgan fingerprint density at radius 3 is 2.30 bits per heavy atom. The first-order valence-corrected chi connectivity index (χ1v) is 6.76. The molecule has 3 aromatic rings. The van der Waals surface area contributed by atoms with Crippen LogP contribution < -0.4 is 5.32 Å². The molecule has 0 aliphatic rings. The number of halogens is 4. The van der Waals surface area contributed by atoms with Gasteiger partial charge in [0, 0.05) is 11.9 Å². The normalized spacial score (nSPS) is 11.7. The monoisotopic (exact) mass is 321 g/mol. The number of rotatable bonds is 3. The predicted octanol–water partition coefficient (Wildman–Crippen LogP) is 4.40. The van der Waals surface area contributed by atoms with Crippen molar-refractivity contribution in [2.24, 2.45) is 0 Å². The lowest BCUT2D eigenvalue weighted by atomic mass is 10.2. The van der Waals surface area contributed by atoms with Crippen LogP contribution in [0.1, 0.15) is 11.4 Å². The van der Waals surface area contributed by atoms with Crippen molar-refractivity contribution in [3.8, 4) is 0 Å². The summed E-state index contributed by atoms with van der Waals surface area (Å²) >= 11 is 0. The van der Waals surface area contributed by atoms with E-state index in [1.807, 2.05) is 0 Å². The van der Waals surface area contributed by atoms with Crippen LogP contribution in [-0.2, 0) is 12.7 Å². The molecule has 3 nitrogen and oxygen atoms in total. The molecule has 0 fully saturated rings. The van der Waals surface area contributed by atoms with E-state index in [4.69, 9.17) is 0 Å². The van der Waals surface area contributed by atoms with Crippen LogP contribution in [-0.4, -0.2) is 9.97 Å². The summed E-state index contributed by atoms with van der Waals surface area (Å²) in [4.78, 5) is 7.13. The number of alkyl halides is 3. The first-order valence-electron chi connectivity index (χ1n) is 6.76. The smallest absolute Gasteiger partial charge is 0.365 e. The molecular weight excluding hydrogens is 310 g/mol. The van der Waals surface area contributed by atoms with E-state index in [-0.39, 0.29) is 23.7 Å². The number of nitrogens with zero attached hydrogens (tertiary/aromatic N) is 2. The summed E-state index contributed by atoms with van der Waals surface area (Å²) in [6, 6.07) is 12.1. The first kappa shape index (κ1) is 15.2. The Labute approximate surface area is 129 Å². The molecule has 1 N–H and O–H groups in total. The topological polar surface area (TPSA) is 37.8 Å². The van der Waals surface area contributed by atoms with Crippen molar-refractivity contribution in [1.29, 1.82) is 0 Å². The van der Waals surface area contributed by atoms with Crippen molar-refractivity contribution in [1.82, 2.24) is 9.97 Å². The van der Waals surface area contributed by atoms with Crippen molar-refractivity contribution in [3.05, 3.63) is 65.7 Å². The predicted molar refractivity (Wildman–Crippen MR) is 78.3 cm³/mol. The third kappa shape index (κ3) is 3.39. The number of para-hydroxylation sites is 1. The molecule has 0 unspecified atom stereocenters. The highest BCUT2D eigenvalue weighted by atomic mass is 19.4. The Morgan fingerprint density at radius 2 is 1.61 bits per heavy atom. The van der Waals surface area contributed by atoms with Gasteiger partial charge in [-0.2, -0.15) is 13.2 Å². The summed E-state index contributed by atoms with van der Waals surface area (Å²) in [5.74, 6) is -1.48. The SMILES string of the molecule is Fc1ccc(CNc2nc(C(F)(F)F)nc3ccccc23)cc1. The molecule has 0 spiro atoms. The second kappa shape index (κ2) is 5.83. The lowest BCUT2D eigenvalue weighted by Crippen LogP contribution is -2.13. The minimum atomic E-state index is -4.63. The summed E-state index contributed by atoms with van der Waals surface area (Å²) < 4.78 is 51.6. The van der Waals surface area contributed by atoms with Crippen molar-refractivity contribution in [2.45, 2.75) is 12.7 Å². The number of anilines is 1. The van der Waals surface area contributed by atoms with E-state index in [1.54, 1.807) is 30.3 Å². The number of hydrogen-bond donors (Lipinski definition) is 1. The molecule has 23 heavy (non-hydrogen) atoms. The van der Waals surface area contributed by atoms with E-state index >= 15 is 0 Å². The average molecular weight is 321 g/mol.